The molecule has 130 valence electrons. The minimum Gasteiger partial charge on any atom is -0.454 e. The Labute approximate surface area is 148 Å². The molecule has 0 atom stereocenters. The maximum Gasteiger partial charge on any atom is 0.313 e. The summed E-state index contributed by atoms with van der Waals surface area (Å²) in [5, 5.41) is 5.99. The predicted octanol–water partition coefficient (Wildman–Crippen LogP) is 2.22. The molecule has 0 saturated heterocycles. The van der Waals surface area contributed by atoms with Crippen molar-refractivity contribution in [3.05, 3.63) is 60.3 Å². The normalized spacial score (nSPS) is 12.0. The zero-order valence-electron chi connectivity index (χ0n) is 13.7. The van der Waals surface area contributed by atoms with Gasteiger partial charge in [0.25, 0.3) is 0 Å². The molecule has 0 spiro atoms. The molecule has 1 aromatic heterocycles. The number of carbonyl (C=O) groups excluding carboxylic acids is 2. The zero-order chi connectivity index (χ0) is 17.9. The monoisotopic (exact) mass is 349 g/mol. The van der Waals surface area contributed by atoms with Gasteiger partial charge in [-0.05, 0) is 42.0 Å². The third kappa shape index (κ3) is 3.14. The quantitative estimate of drug-likeness (QED) is 0.708. The third-order valence-electron chi connectivity index (χ3n) is 3.99. The first-order chi connectivity index (χ1) is 12.7. The average Bonchev–Trinajstić information content (AvgIpc) is 3.14. The van der Waals surface area contributed by atoms with E-state index in [1.165, 1.54) is 0 Å². The number of rotatable bonds is 3. The second-order valence-electron chi connectivity index (χ2n) is 5.70. The van der Waals surface area contributed by atoms with Gasteiger partial charge in [0.2, 0.25) is 6.79 Å². The lowest BCUT2D eigenvalue weighted by molar-refractivity contribution is -0.136. The molecule has 0 radical (unpaired) electrons. The highest BCUT2D eigenvalue weighted by atomic mass is 16.7. The van der Waals surface area contributed by atoms with Crippen molar-refractivity contribution in [1.82, 2.24) is 10.3 Å². The van der Waals surface area contributed by atoms with Crippen LogP contribution in [0.2, 0.25) is 0 Å². The topological polar surface area (TPSA) is 89.5 Å². The van der Waals surface area contributed by atoms with E-state index in [0.29, 0.717) is 17.2 Å². The molecule has 0 fully saturated rings. The number of aromatic nitrogens is 1. The fourth-order valence-electron chi connectivity index (χ4n) is 2.70. The van der Waals surface area contributed by atoms with Gasteiger partial charge in [-0.1, -0.05) is 12.1 Å². The van der Waals surface area contributed by atoms with Crippen molar-refractivity contribution in [2.24, 2.45) is 0 Å². The summed E-state index contributed by atoms with van der Waals surface area (Å²) in [7, 11) is 0. The SMILES string of the molecule is O=C(NCc1ccc2c(c1)OCO2)C(=O)Nc1cccc2ncccc12. The third-order valence-corrected chi connectivity index (χ3v) is 3.99. The maximum absolute atomic E-state index is 12.2. The molecule has 2 aromatic carbocycles. The van der Waals surface area contributed by atoms with Crippen molar-refractivity contribution in [3.63, 3.8) is 0 Å². The van der Waals surface area contributed by atoms with E-state index in [1.54, 1.807) is 36.5 Å². The summed E-state index contributed by atoms with van der Waals surface area (Å²) in [5.74, 6) is -0.155. The highest BCUT2D eigenvalue weighted by Crippen LogP contribution is 2.32. The van der Waals surface area contributed by atoms with Crippen LogP contribution in [0.1, 0.15) is 5.56 Å². The van der Waals surface area contributed by atoms with Crippen LogP contribution in [0.5, 0.6) is 11.5 Å². The molecule has 2 N–H and O–H groups in total. The molecule has 2 amide bonds. The average molecular weight is 349 g/mol. The molecule has 4 rings (SSSR count). The van der Waals surface area contributed by atoms with Gasteiger partial charge in [0.15, 0.2) is 11.5 Å². The minimum absolute atomic E-state index is 0.188. The highest BCUT2D eigenvalue weighted by molar-refractivity contribution is 6.40. The summed E-state index contributed by atoms with van der Waals surface area (Å²) >= 11 is 0. The zero-order valence-corrected chi connectivity index (χ0v) is 13.7. The fourth-order valence-corrected chi connectivity index (χ4v) is 2.70. The van der Waals surface area contributed by atoms with E-state index in [4.69, 9.17) is 9.47 Å². The number of fused-ring (bicyclic) bond motifs is 2. The van der Waals surface area contributed by atoms with Gasteiger partial charge in [0.05, 0.1) is 11.2 Å². The maximum atomic E-state index is 12.2. The first kappa shape index (κ1) is 15.9. The number of nitrogens with zero attached hydrogens (tertiary/aromatic N) is 1. The van der Waals surface area contributed by atoms with E-state index in [9.17, 15) is 9.59 Å². The minimum atomic E-state index is -0.734. The highest BCUT2D eigenvalue weighted by Gasteiger charge is 2.16. The van der Waals surface area contributed by atoms with Crippen LogP contribution < -0.4 is 20.1 Å². The van der Waals surface area contributed by atoms with Crippen molar-refractivity contribution in [1.29, 1.82) is 0 Å². The van der Waals surface area contributed by atoms with Crippen molar-refractivity contribution in [2.75, 3.05) is 12.1 Å². The number of ether oxygens (including phenoxy) is 2. The van der Waals surface area contributed by atoms with Crippen LogP contribution in [0.25, 0.3) is 10.9 Å². The smallest absolute Gasteiger partial charge is 0.313 e. The number of amides is 2. The molecular weight excluding hydrogens is 334 g/mol. The number of hydrogen-bond acceptors (Lipinski definition) is 5. The number of carbonyl (C=O) groups is 2. The molecule has 26 heavy (non-hydrogen) atoms. The van der Waals surface area contributed by atoms with Gasteiger partial charge in [-0.15, -0.1) is 0 Å². The Morgan fingerprint density at radius 1 is 1.00 bits per heavy atom. The molecule has 7 nitrogen and oxygen atoms in total. The Kier molecular flexibility index (Phi) is 4.10. The number of anilines is 1. The summed E-state index contributed by atoms with van der Waals surface area (Å²) < 4.78 is 10.5. The van der Waals surface area contributed by atoms with Crippen LogP contribution in [0.3, 0.4) is 0 Å². The molecule has 0 saturated carbocycles. The summed E-state index contributed by atoms with van der Waals surface area (Å²) in [6, 6.07) is 14.3. The second kappa shape index (κ2) is 6.72. The standard InChI is InChI=1S/C19H15N3O4/c23-18(21-10-12-6-7-16-17(9-12)26-11-25-16)19(24)22-15-5-1-4-14-13(15)3-2-8-20-14/h1-9H,10-11H2,(H,21,23)(H,22,24). The van der Waals surface area contributed by atoms with E-state index in [1.807, 2.05) is 18.2 Å². The van der Waals surface area contributed by atoms with Crippen LogP contribution in [0, 0.1) is 0 Å². The van der Waals surface area contributed by atoms with Crippen LogP contribution in [0.4, 0.5) is 5.69 Å². The van der Waals surface area contributed by atoms with Gasteiger partial charge < -0.3 is 20.1 Å². The van der Waals surface area contributed by atoms with Gasteiger partial charge in [-0.25, -0.2) is 0 Å². The Morgan fingerprint density at radius 3 is 2.81 bits per heavy atom. The lowest BCUT2D eigenvalue weighted by Crippen LogP contribution is -2.35. The molecule has 7 heteroatoms. The van der Waals surface area contributed by atoms with E-state index in [0.717, 1.165) is 16.5 Å². The number of hydrogen-bond donors (Lipinski definition) is 2. The van der Waals surface area contributed by atoms with Gasteiger partial charge in [0.1, 0.15) is 0 Å². The van der Waals surface area contributed by atoms with Crippen molar-refractivity contribution < 1.29 is 19.1 Å². The Bertz CT molecular complexity index is 998. The van der Waals surface area contributed by atoms with Crippen LogP contribution in [-0.2, 0) is 16.1 Å². The number of pyridine rings is 1. The molecule has 3 aromatic rings. The van der Waals surface area contributed by atoms with Gasteiger partial charge >= 0.3 is 11.8 Å². The summed E-state index contributed by atoms with van der Waals surface area (Å²) in [6.07, 6.45) is 1.67. The van der Waals surface area contributed by atoms with E-state index >= 15 is 0 Å². The number of benzene rings is 2. The predicted molar refractivity (Wildman–Crippen MR) is 94.8 cm³/mol. The van der Waals surface area contributed by atoms with Crippen molar-refractivity contribution in [2.45, 2.75) is 6.54 Å². The van der Waals surface area contributed by atoms with Gasteiger partial charge in [0, 0.05) is 18.1 Å². The summed E-state index contributed by atoms with van der Waals surface area (Å²) in [6.45, 7) is 0.396. The molecule has 1 aliphatic heterocycles. The number of nitrogens with one attached hydrogen (secondary N) is 2. The molecule has 1 aliphatic rings. The Hall–Kier alpha value is -3.61. The van der Waals surface area contributed by atoms with Crippen LogP contribution in [0.15, 0.2) is 54.7 Å². The van der Waals surface area contributed by atoms with Crippen LogP contribution >= 0.6 is 0 Å². The van der Waals surface area contributed by atoms with Gasteiger partial charge in [-0.3, -0.25) is 14.6 Å². The lowest BCUT2D eigenvalue weighted by Gasteiger charge is -2.09. The molecular formula is C19H15N3O4. The molecule has 0 unspecified atom stereocenters. The lowest BCUT2D eigenvalue weighted by atomic mass is 10.2. The summed E-state index contributed by atoms with van der Waals surface area (Å²) in [4.78, 5) is 28.5. The Balaban J connectivity index is 1.41. The van der Waals surface area contributed by atoms with Crippen molar-refractivity contribution >= 4 is 28.4 Å². The second-order valence-corrected chi connectivity index (χ2v) is 5.70. The Morgan fingerprint density at radius 2 is 1.88 bits per heavy atom. The first-order valence-corrected chi connectivity index (χ1v) is 8.02. The molecule has 2 heterocycles. The molecule has 0 aliphatic carbocycles. The van der Waals surface area contributed by atoms with E-state index < -0.39 is 11.8 Å². The summed E-state index contributed by atoms with van der Waals surface area (Å²) in [5.41, 5.74) is 2.09. The van der Waals surface area contributed by atoms with Crippen LogP contribution in [-0.4, -0.2) is 23.6 Å². The largest absolute Gasteiger partial charge is 0.454 e. The first-order valence-electron chi connectivity index (χ1n) is 8.02. The van der Waals surface area contributed by atoms with Crippen molar-refractivity contribution in [3.8, 4) is 11.5 Å². The fraction of sp³-hybridized carbons (Fsp3) is 0.105. The molecule has 0 bridgehead atoms. The van der Waals surface area contributed by atoms with E-state index in [-0.39, 0.29) is 13.3 Å². The van der Waals surface area contributed by atoms with Gasteiger partial charge in [-0.2, -0.15) is 0 Å². The van der Waals surface area contributed by atoms with E-state index in [2.05, 4.69) is 15.6 Å².